The van der Waals surface area contributed by atoms with Crippen LogP contribution in [0.4, 0.5) is 4.79 Å². The van der Waals surface area contributed by atoms with Crippen molar-refractivity contribution in [2.24, 2.45) is 0 Å². The van der Waals surface area contributed by atoms with Gasteiger partial charge in [0.05, 0.1) is 0 Å². The van der Waals surface area contributed by atoms with Gasteiger partial charge in [0.15, 0.2) is 0 Å². The summed E-state index contributed by atoms with van der Waals surface area (Å²) in [6, 6.07) is 8.37. The Balaban J connectivity index is 2.05. The molecule has 0 atom stereocenters. The Morgan fingerprint density at radius 2 is 1.68 bits per heavy atom. The number of unbranched alkanes of at least 4 members (excludes halogenated alkanes) is 3. The van der Waals surface area contributed by atoms with Gasteiger partial charge in [-0.25, -0.2) is 4.79 Å². The fraction of sp³-hybridized carbons (Fsp3) is 0.562. The maximum Gasteiger partial charge on any atom is 0.314 e. The van der Waals surface area contributed by atoms with Gasteiger partial charge in [-0.15, -0.1) is 0 Å². The Hall–Kier alpha value is -1.51. The highest BCUT2D eigenvalue weighted by molar-refractivity contribution is 5.73. The van der Waals surface area contributed by atoms with Crippen molar-refractivity contribution in [3.05, 3.63) is 35.4 Å². The lowest BCUT2D eigenvalue weighted by Crippen LogP contribution is -2.37. The molecule has 0 saturated heterocycles. The van der Waals surface area contributed by atoms with Crippen molar-refractivity contribution >= 4 is 6.03 Å². The number of rotatable bonds is 8. The largest absolute Gasteiger partial charge is 0.338 e. The average Bonchev–Trinajstić information content (AvgIpc) is 2.41. The Morgan fingerprint density at radius 3 is 2.37 bits per heavy atom. The van der Waals surface area contributed by atoms with Gasteiger partial charge in [0.1, 0.15) is 0 Å². The summed E-state index contributed by atoms with van der Waals surface area (Å²) < 4.78 is 0. The molecule has 1 aromatic rings. The van der Waals surface area contributed by atoms with Crippen molar-refractivity contribution in [1.29, 1.82) is 0 Å². The Kier molecular flexibility index (Phi) is 7.71. The van der Waals surface area contributed by atoms with Gasteiger partial charge in [0.25, 0.3) is 0 Å². The van der Waals surface area contributed by atoms with E-state index in [1.165, 1.54) is 30.4 Å². The quantitative estimate of drug-likeness (QED) is 0.692. The van der Waals surface area contributed by atoms with Gasteiger partial charge >= 0.3 is 6.03 Å². The molecule has 0 bridgehead atoms. The zero-order chi connectivity index (χ0) is 13.9. The molecule has 3 nitrogen and oxygen atoms in total. The van der Waals surface area contributed by atoms with E-state index in [4.69, 9.17) is 0 Å². The normalized spacial score (nSPS) is 10.2. The number of hydrogen-bond donors (Lipinski definition) is 2. The second kappa shape index (κ2) is 9.42. The third-order valence-electron chi connectivity index (χ3n) is 3.14. The Bertz CT molecular complexity index is 360. The summed E-state index contributed by atoms with van der Waals surface area (Å²) in [5.41, 5.74) is 2.52. The van der Waals surface area contributed by atoms with Gasteiger partial charge in [-0.05, 0) is 25.3 Å². The molecule has 1 rings (SSSR count). The summed E-state index contributed by atoms with van der Waals surface area (Å²) in [4.78, 5) is 11.5. The number of urea groups is 1. The third-order valence-corrected chi connectivity index (χ3v) is 3.14. The molecule has 1 aromatic carbocycles. The van der Waals surface area contributed by atoms with E-state index < -0.39 is 0 Å². The zero-order valence-electron chi connectivity index (χ0n) is 12.2. The third kappa shape index (κ3) is 7.50. The number of amides is 2. The molecule has 2 N–H and O–H groups in total. The minimum atomic E-state index is -0.0522. The molecule has 0 aliphatic carbocycles. The van der Waals surface area contributed by atoms with E-state index in [-0.39, 0.29) is 6.03 Å². The SMILES string of the molecule is CCCCCCNC(=O)NCCc1ccc(C)cc1. The van der Waals surface area contributed by atoms with Crippen LogP contribution < -0.4 is 10.6 Å². The molecule has 0 aliphatic rings. The van der Waals surface area contributed by atoms with Crippen molar-refractivity contribution in [1.82, 2.24) is 10.6 Å². The number of carbonyl (C=O) groups excluding carboxylic acids is 1. The minimum absolute atomic E-state index is 0.0522. The predicted octanol–water partition coefficient (Wildman–Crippen LogP) is 3.42. The lowest BCUT2D eigenvalue weighted by molar-refractivity contribution is 0.241. The molecule has 0 aliphatic heterocycles. The number of hydrogen-bond acceptors (Lipinski definition) is 1. The summed E-state index contributed by atoms with van der Waals surface area (Å²) in [6.07, 6.45) is 5.61. The predicted molar refractivity (Wildman–Crippen MR) is 80.4 cm³/mol. The van der Waals surface area contributed by atoms with E-state index in [1.807, 2.05) is 0 Å². The van der Waals surface area contributed by atoms with Gasteiger partial charge in [0.2, 0.25) is 0 Å². The van der Waals surface area contributed by atoms with Crippen LogP contribution >= 0.6 is 0 Å². The molecule has 0 radical (unpaired) electrons. The second-order valence-corrected chi connectivity index (χ2v) is 4.98. The molecule has 0 heterocycles. The highest BCUT2D eigenvalue weighted by Crippen LogP contribution is 2.03. The van der Waals surface area contributed by atoms with Crippen molar-refractivity contribution < 1.29 is 4.79 Å². The summed E-state index contributed by atoms with van der Waals surface area (Å²) in [7, 11) is 0. The average molecular weight is 262 g/mol. The van der Waals surface area contributed by atoms with Crippen molar-refractivity contribution in [2.45, 2.75) is 46.0 Å². The van der Waals surface area contributed by atoms with Gasteiger partial charge in [-0.1, -0.05) is 56.0 Å². The van der Waals surface area contributed by atoms with Crippen LogP contribution in [0.5, 0.6) is 0 Å². The summed E-state index contributed by atoms with van der Waals surface area (Å²) in [6.45, 7) is 5.72. The van der Waals surface area contributed by atoms with E-state index in [0.717, 1.165) is 19.4 Å². The maximum atomic E-state index is 11.5. The maximum absolute atomic E-state index is 11.5. The van der Waals surface area contributed by atoms with Crippen LogP contribution in [-0.2, 0) is 6.42 Å². The molecule has 0 fully saturated rings. The first kappa shape index (κ1) is 15.5. The highest BCUT2D eigenvalue weighted by Gasteiger charge is 1.99. The summed E-state index contributed by atoms with van der Waals surface area (Å²) in [5.74, 6) is 0. The van der Waals surface area contributed by atoms with Crippen LogP contribution in [0.3, 0.4) is 0 Å². The van der Waals surface area contributed by atoms with Crippen molar-refractivity contribution in [3.63, 3.8) is 0 Å². The van der Waals surface area contributed by atoms with Crippen molar-refractivity contribution in [2.75, 3.05) is 13.1 Å². The Labute approximate surface area is 116 Å². The topological polar surface area (TPSA) is 41.1 Å². The first-order valence-corrected chi connectivity index (χ1v) is 7.29. The fourth-order valence-corrected chi connectivity index (χ4v) is 1.89. The van der Waals surface area contributed by atoms with Gasteiger partial charge in [0, 0.05) is 13.1 Å². The molecule has 2 amide bonds. The number of nitrogens with one attached hydrogen (secondary N) is 2. The molecule has 0 saturated carbocycles. The molecular weight excluding hydrogens is 236 g/mol. The molecule has 106 valence electrons. The van der Waals surface area contributed by atoms with E-state index >= 15 is 0 Å². The molecular formula is C16H26N2O. The fourth-order valence-electron chi connectivity index (χ4n) is 1.89. The molecule has 19 heavy (non-hydrogen) atoms. The van der Waals surface area contributed by atoms with Gasteiger partial charge in [-0.2, -0.15) is 0 Å². The minimum Gasteiger partial charge on any atom is -0.338 e. The first-order valence-electron chi connectivity index (χ1n) is 7.29. The van der Waals surface area contributed by atoms with Crippen LogP contribution in [0.2, 0.25) is 0 Å². The highest BCUT2D eigenvalue weighted by atomic mass is 16.2. The van der Waals surface area contributed by atoms with Crippen LogP contribution in [-0.4, -0.2) is 19.1 Å². The lowest BCUT2D eigenvalue weighted by Gasteiger charge is -2.07. The summed E-state index contributed by atoms with van der Waals surface area (Å²) >= 11 is 0. The van der Waals surface area contributed by atoms with E-state index in [2.05, 4.69) is 48.7 Å². The van der Waals surface area contributed by atoms with Crippen LogP contribution in [0.15, 0.2) is 24.3 Å². The van der Waals surface area contributed by atoms with Gasteiger partial charge in [-0.3, -0.25) is 0 Å². The number of carbonyl (C=O) groups is 1. The monoisotopic (exact) mass is 262 g/mol. The second-order valence-electron chi connectivity index (χ2n) is 4.98. The molecule has 0 unspecified atom stereocenters. The number of benzene rings is 1. The molecule has 0 aromatic heterocycles. The smallest absolute Gasteiger partial charge is 0.314 e. The van der Waals surface area contributed by atoms with E-state index in [9.17, 15) is 4.79 Å². The molecule has 3 heteroatoms. The van der Waals surface area contributed by atoms with Crippen LogP contribution in [0.1, 0.15) is 43.7 Å². The first-order chi connectivity index (χ1) is 9.22. The van der Waals surface area contributed by atoms with Crippen LogP contribution in [0, 0.1) is 6.92 Å². The van der Waals surface area contributed by atoms with E-state index in [0.29, 0.717) is 6.54 Å². The zero-order valence-corrected chi connectivity index (χ0v) is 12.2. The van der Waals surface area contributed by atoms with Crippen molar-refractivity contribution in [3.8, 4) is 0 Å². The number of aryl methyl sites for hydroxylation is 1. The standard InChI is InChI=1S/C16H26N2O/c1-3-4-5-6-12-17-16(19)18-13-11-15-9-7-14(2)8-10-15/h7-10H,3-6,11-13H2,1-2H3,(H2,17,18,19). The molecule has 0 spiro atoms. The van der Waals surface area contributed by atoms with E-state index in [1.54, 1.807) is 0 Å². The Morgan fingerprint density at radius 1 is 1.00 bits per heavy atom. The summed E-state index contributed by atoms with van der Waals surface area (Å²) in [5, 5.41) is 5.77. The lowest BCUT2D eigenvalue weighted by atomic mass is 10.1. The van der Waals surface area contributed by atoms with Gasteiger partial charge < -0.3 is 10.6 Å². The van der Waals surface area contributed by atoms with Crippen LogP contribution in [0.25, 0.3) is 0 Å².